The van der Waals surface area contributed by atoms with Crippen molar-refractivity contribution in [2.45, 2.75) is 50.0 Å². The lowest BCUT2D eigenvalue weighted by Crippen LogP contribution is -2.50. The van der Waals surface area contributed by atoms with E-state index in [9.17, 15) is 13.2 Å². The number of rotatable bonds is 7. The highest BCUT2D eigenvalue weighted by molar-refractivity contribution is 7.89. The average molecular weight is 451 g/mol. The van der Waals surface area contributed by atoms with Crippen LogP contribution in [0, 0.1) is 6.92 Å². The topological polar surface area (TPSA) is 115 Å². The number of carbonyl (C=O) groups is 1. The van der Waals surface area contributed by atoms with E-state index >= 15 is 0 Å². The molecule has 32 heavy (non-hydrogen) atoms. The van der Waals surface area contributed by atoms with Crippen LogP contribution in [0.3, 0.4) is 0 Å². The van der Waals surface area contributed by atoms with Crippen molar-refractivity contribution in [1.82, 2.24) is 14.7 Å². The number of nitrogens with zero attached hydrogens (tertiary/aromatic N) is 2. The maximum Gasteiger partial charge on any atom is 0.241 e. The first-order valence-electron chi connectivity index (χ1n) is 10.5. The average Bonchev–Trinajstić information content (AvgIpc) is 2.74. The second-order valence-corrected chi connectivity index (χ2v) is 10.3. The molecule has 7 nitrogen and oxygen atoms in total. The van der Waals surface area contributed by atoms with E-state index in [0.717, 1.165) is 30.4 Å². The lowest BCUT2D eigenvalue weighted by atomic mass is 9.80. The number of Topliss-reactive ketones (excluding diaryl/α,β-unsaturated/α-hetero) is 1. The third kappa shape index (κ3) is 4.71. The van der Waals surface area contributed by atoms with Gasteiger partial charge in [0.2, 0.25) is 10.0 Å². The Labute approximate surface area is 188 Å². The van der Waals surface area contributed by atoms with Gasteiger partial charge in [0.1, 0.15) is 5.69 Å². The van der Waals surface area contributed by atoms with Crippen molar-refractivity contribution in [1.29, 1.82) is 0 Å². The Hall–Kier alpha value is -3.10. The SMILES string of the molecule is Cc1ccc(-c2cnc(N)c(C(=O)Cc3ccc(S(=O)(=O)NC4(C)CCC4)cc3)n2)cc1. The molecule has 166 valence electrons. The highest BCUT2D eigenvalue weighted by atomic mass is 32.2. The summed E-state index contributed by atoms with van der Waals surface area (Å²) in [7, 11) is -3.60. The number of aryl methyl sites for hydroxylation is 1. The van der Waals surface area contributed by atoms with Crippen LogP contribution in [0.2, 0.25) is 0 Å². The van der Waals surface area contributed by atoms with Gasteiger partial charge in [0.05, 0.1) is 16.8 Å². The molecule has 2 aromatic carbocycles. The number of hydrogen-bond acceptors (Lipinski definition) is 6. The van der Waals surface area contributed by atoms with E-state index in [1.165, 1.54) is 12.1 Å². The number of ketones is 1. The van der Waals surface area contributed by atoms with Gasteiger partial charge in [-0.15, -0.1) is 0 Å². The number of aromatic nitrogens is 2. The Bertz CT molecular complexity index is 1250. The van der Waals surface area contributed by atoms with Crippen molar-refractivity contribution < 1.29 is 13.2 Å². The molecule has 0 saturated heterocycles. The van der Waals surface area contributed by atoms with Crippen LogP contribution in [0.5, 0.6) is 0 Å². The van der Waals surface area contributed by atoms with Gasteiger partial charge >= 0.3 is 0 Å². The second-order valence-electron chi connectivity index (χ2n) is 8.62. The predicted octanol–water partition coefficient (Wildman–Crippen LogP) is 3.68. The highest BCUT2D eigenvalue weighted by Crippen LogP contribution is 2.32. The van der Waals surface area contributed by atoms with Crippen LogP contribution in [0.1, 0.15) is 47.8 Å². The lowest BCUT2D eigenvalue weighted by Gasteiger charge is -2.38. The van der Waals surface area contributed by atoms with Gasteiger partial charge in [-0.05, 0) is 50.8 Å². The van der Waals surface area contributed by atoms with E-state index in [1.807, 2.05) is 38.1 Å². The molecule has 1 aromatic heterocycles. The normalized spacial score (nSPS) is 15.2. The molecule has 4 rings (SSSR count). The Balaban J connectivity index is 1.50. The lowest BCUT2D eigenvalue weighted by molar-refractivity contribution is 0.0989. The Morgan fingerprint density at radius 3 is 2.34 bits per heavy atom. The highest BCUT2D eigenvalue weighted by Gasteiger charge is 2.36. The quantitative estimate of drug-likeness (QED) is 0.531. The van der Waals surface area contributed by atoms with Gasteiger partial charge in [-0.1, -0.05) is 42.0 Å². The number of nitrogens with two attached hydrogens (primary N) is 1. The molecule has 1 heterocycles. The van der Waals surface area contributed by atoms with Crippen molar-refractivity contribution in [2.75, 3.05) is 5.73 Å². The van der Waals surface area contributed by atoms with E-state index in [-0.39, 0.29) is 34.2 Å². The molecular formula is C24H26N4O3S. The summed E-state index contributed by atoms with van der Waals surface area (Å²) >= 11 is 0. The van der Waals surface area contributed by atoms with E-state index in [1.54, 1.807) is 18.3 Å². The molecular weight excluding hydrogens is 424 g/mol. The number of hydrogen-bond donors (Lipinski definition) is 2. The summed E-state index contributed by atoms with van der Waals surface area (Å²) in [6.45, 7) is 3.91. The summed E-state index contributed by atoms with van der Waals surface area (Å²) in [5.74, 6) is -0.206. The molecule has 0 radical (unpaired) electrons. The van der Waals surface area contributed by atoms with Gasteiger partial charge in [-0.3, -0.25) is 4.79 Å². The molecule has 0 amide bonds. The van der Waals surface area contributed by atoms with E-state index < -0.39 is 10.0 Å². The minimum atomic E-state index is -3.60. The molecule has 0 spiro atoms. The monoisotopic (exact) mass is 450 g/mol. The fourth-order valence-electron chi connectivity index (χ4n) is 3.72. The first-order valence-corrected chi connectivity index (χ1v) is 12.0. The van der Waals surface area contributed by atoms with Gasteiger partial charge in [-0.25, -0.2) is 23.1 Å². The van der Waals surface area contributed by atoms with Crippen LogP contribution in [0.4, 0.5) is 5.82 Å². The van der Waals surface area contributed by atoms with Crippen molar-refractivity contribution in [3.8, 4) is 11.3 Å². The van der Waals surface area contributed by atoms with E-state index in [2.05, 4.69) is 14.7 Å². The molecule has 1 fully saturated rings. The maximum absolute atomic E-state index is 12.9. The van der Waals surface area contributed by atoms with Crippen LogP contribution in [-0.2, 0) is 16.4 Å². The van der Waals surface area contributed by atoms with Crippen molar-refractivity contribution >= 4 is 21.6 Å². The molecule has 1 aliphatic carbocycles. The molecule has 8 heteroatoms. The third-order valence-corrected chi connectivity index (χ3v) is 7.50. The zero-order valence-electron chi connectivity index (χ0n) is 18.1. The molecule has 3 N–H and O–H groups in total. The first kappa shape index (κ1) is 22.1. The Kier molecular flexibility index (Phi) is 5.83. The predicted molar refractivity (Wildman–Crippen MR) is 124 cm³/mol. The number of anilines is 1. The van der Waals surface area contributed by atoms with Crippen LogP contribution in [-0.4, -0.2) is 29.7 Å². The smallest absolute Gasteiger partial charge is 0.241 e. The summed E-state index contributed by atoms with van der Waals surface area (Å²) in [6.07, 6.45) is 4.29. The fourth-order valence-corrected chi connectivity index (χ4v) is 5.18. The van der Waals surface area contributed by atoms with Gasteiger partial charge in [0, 0.05) is 17.5 Å². The molecule has 0 unspecified atom stereocenters. The van der Waals surface area contributed by atoms with Crippen LogP contribution >= 0.6 is 0 Å². The Morgan fingerprint density at radius 1 is 1.09 bits per heavy atom. The van der Waals surface area contributed by atoms with Crippen molar-refractivity contribution in [2.24, 2.45) is 0 Å². The van der Waals surface area contributed by atoms with Crippen LogP contribution < -0.4 is 10.5 Å². The maximum atomic E-state index is 12.9. The number of sulfonamides is 1. The van der Waals surface area contributed by atoms with Gasteiger partial charge in [-0.2, -0.15) is 0 Å². The zero-order valence-corrected chi connectivity index (χ0v) is 18.9. The molecule has 1 saturated carbocycles. The fraction of sp³-hybridized carbons (Fsp3) is 0.292. The van der Waals surface area contributed by atoms with Gasteiger partial charge in [0.15, 0.2) is 11.6 Å². The Morgan fingerprint density at radius 2 is 1.75 bits per heavy atom. The summed E-state index contributed by atoms with van der Waals surface area (Å²) in [5, 5.41) is 0. The van der Waals surface area contributed by atoms with Gasteiger partial charge < -0.3 is 5.73 Å². The number of benzene rings is 2. The summed E-state index contributed by atoms with van der Waals surface area (Å²) in [6, 6.07) is 14.1. The first-order chi connectivity index (χ1) is 15.2. The summed E-state index contributed by atoms with van der Waals surface area (Å²) in [4.78, 5) is 21.6. The van der Waals surface area contributed by atoms with Crippen molar-refractivity contribution in [3.63, 3.8) is 0 Å². The minimum Gasteiger partial charge on any atom is -0.382 e. The molecule has 1 aliphatic rings. The van der Waals surface area contributed by atoms with E-state index in [4.69, 9.17) is 5.73 Å². The minimum absolute atomic E-state index is 0.0434. The molecule has 3 aromatic rings. The molecule has 0 bridgehead atoms. The standard InChI is InChI=1S/C24H26N4O3S/c1-16-4-8-18(9-5-16)20-15-26-23(25)22(27-20)21(29)14-17-6-10-19(11-7-17)32(30,31)28-24(2)12-3-13-24/h4-11,15,28H,3,12-14H2,1-2H3,(H2,25,26). The number of carbonyl (C=O) groups excluding carboxylic acids is 1. The number of nitrogens with one attached hydrogen (secondary N) is 1. The largest absolute Gasteiger partial charge is 0.382 e. The number of nitrogen functional groups attached to an aromatic ring is 1. The van der Waals surface area contributed by atoms with E-state index in [0.29, 0.717) is 11.3 Å². The molecule has 0 atom stereocenters. The summed E-state index contributed by atoms with van der Waals surface area (Å²) in [5.41, 5.74) is 8.87. The van der Waals surface area contributed by atoms with Crippen molar-refractivity contribution in [3.05, 3.63) is 71.5 Å². The van der Waals surface area contributed by atoms with Gasteiger partial charge in [0.25, 0.3) is 0 Å². The molecule has 0 aliphatic heterocycles. The summed E-state index contributed by atoms with van der Waals surface area (Å²) < 4.78 is 28.0. The third-order valence-electron chi connectivity index (χ3n) is 5.85. The zero-order chi connectivity index (χ0) is 22.9. The second kappa shape index (κ2) is 8.44. The van der Waals surface area contributed by atoms with Crippen LogP contribution in [0.15, 0.2) is 59.6 Å². The van der Waals surface area contributed by atoms with Crippen LogP contribution in [0.25, 0.3) is 11.3 Å².